The SMILES string of the molecule is CC(C)(C)CC(C)(C)NCc1ccc(N2CCCC2)cc1.Cl. The summed E-state index contributed by atoms with van der Waals surface area (Å²) in [4.78, 5) is 2.49. The lowest BCUT2D eigenvalue weighted by Crippen LogP contribution is -2.41. The minimum Gasteiger partial charge on any atom is -0.372 e. The summed E-state index contributed by atoms with van der Waals surface area (Å²) in [5.74, 6) is 0. The van der Waals surface area contributed by atoms with Gasteiger partial charge < -0.3 is 10.2 Å². The van der Waals surface area contributed by atoms with Crippen molar-refractivity contribution in [3.05, 3.63) is 29.8 Å². The average Bonchev–Trinajstić information content (AvgIpc) is 2.88. The molecule has 22 heavy (non-hydrogen) atoms. The summed E-state index contributed by atoms with van der Waals surface area (Å²) < 4.78 is 0. The van der Waals surface area contributed by atoms with E-state index < -0.39 is 0 Å². The number of hydrogen-bond acceptors (Lipinski definition) is 2. The molecule has 1 fully saturated rings. The molecule has 1 aromatic rings. The molecule has 0 spiro atoms. The number of hydrogen-bond donors (Lipinski definition) is 1. The minimum absolute atomic E-state index is 0. The van der Waals surface area contributed by atoms with E-state index in [-0.39, 0.29) is 17.9 Å². The Morgan fingerprint density at radius 3 is 2.00 bits per heavy atom. The van der Waals surface area contributed by atoms with Gasteiger partial charge >= 0.3 is 0 Å². The van der Waals surface area contributed by atoms with E-state index in [0.29, 0.717) is 5.41 Å². The van der Waals surface area contributed by atoms with Crippen molar-refractivity contribution in [1.82, 2.24) is 5.32 Å². The molecule has 1 N–H and O–H groups in total. The first-order valence-electron chi connectivity index (χ1n) is 8.34. The van der Waals surface area contributed by atoms with E-state index in [1.54, 1.807) is 0 Å². The molecule has 1 aliphatic rings. The van der Waals surface area contributed by atoms with E-state index in [2.05, 4.69) is 69.1 Å². The van der Waals surface area contributed by atoms with Crippen molar-refractivity contribution >= 4 is 18.1 Å². The number of nitrogens with one attached hydrogen (secondary N) is 1. The molecule has 0 amide bonds. The molecule has 0 bridgehead atoms. The first kappa shape index (κ1) is 19.3. The number of benzene rings is 1. The summed E-state index contributed by atoms with van der Waals surface area (Å²) in [6, 6.07) is 9.10. The Morgan fingerprint density at radius 1 is 0.955 bits per heavy atom. The second-order valence-corrected chi connectivity index (χ2v) is 8.34. The third-order valence-corrected chi connectivity index (χ3v) is 4.15. The van der Waals surface area contributed by atoms with Crippen molar-refractivity contribution < 1.29 is 0 Å². The largest absolute Gasteiger partial charge is 0.372 e. The predicted molar refractivity (Wildman–Crippen MR) is 100 cm³/mol. The maximum absolute atomic E-state index is 3.71. The van der Waals surface area contributed by atoms with E-state index in [4.69, 9.17) is 0 Å². The molecule has 1 aliphatic heterocycles. The smallest absolute Gasteiger partial charge is 0.0366 e. The molecule has 0 aromatic heterocycles. The third kappa shape index (κ3) is 6.18. The molecule has 1 saturated heterocycles. The average molecular weight is 325 g/mol. The summed E-state index contributed by atoms with van der Waals surface area (Å²) >= 11 is 0. The van der Waals surface area contributed by atoms with Crippen LogP contribution in [0.25, 0.3) is 0 Å². The van der Waals surface area contributed by atoms with E-state index in [1.807, 2.05) is 0 Å². The van der Waals surface area contributed by atoms with Crippen LogP contribution >= 0.6 is 12.4 Å². The van der Waals surface area contributed by atoms with Gasteiger partial charge in [-0.15, -0.1) is 12.4 Å². The maximum atomic E-state index is 3.71. The van der Waals surface area contributed by atoms with Crippen LogP contribution in [-0.4, -0.2) is 18.6 Å². The number of rotatable bonds is 5. The maximum Gasteiger partial charge on any atom is 0.0366 e. The van der Waals surface area contributed by atoms with Crippen LogP contribution in [0.5, 0.6) is 0 Å². The van der Waals surface area contributed by atoms with Gasteiger partial charge in [-0.1, -0.05) is 32.9 Å². The van der Waals surface area contributed by atoms with Gasteiger partial charge in [0.1, 0.15) is 0 Å². The van der Waals surface area contributed by atoms with Crippen LogP contribution < -0.4 is 10.2 Å². The summed E-state index contributed by atoms with van der Waals surface area (Å²) in [5.41, 5.74) is 3.28. The van der Waals surface area contributed by atoms with Crippen LogP contribution in [0.1, 0.15) is 59.4 Å². The van der Waals surface area contributed by atoms with Crippen LogP contribution in [0.2, 0.25) is 0 Å². The highest BCUT2D eigenvalue weighted by Crippen LogP contribution is 2.27. The fourth-order valence-electron chi connectivity index (χ4n) is 3.53. The molecule has 0 unspecified atom stereocenters. The molecular formula is C19H33ClN2. The highest BCUT2D eigenvalue weighted by molar-refractivity contribution is 5.85. The van der Waals surface area contributed by atoms with Crippen LogP contribution in [-0.2, 0) is 6.54 Å². The number of halogens is 1. The van der Waals surface area contributed by atoms with Crippen molar-refractivity contribution in [3.8, 4) is 0 Å². The van der Waals surface area contributed by atoms with Crippen molar-refractivity contribution in [2.75, 3.05) is 18.0 Å². The molecule has 0 atom stereocenters. The van der Waals surface area contributed by atoms with E-state index in [9.17, 15) is 0 Å². The zero-order valence-corrected chi connectivity index (χ0v) is 15.7. The number of nitrogens with zero attached hydrogens (tertiary/aromatic N) is 1. The quantitative estimate of drug-likeness (QED) is 0.818. The predicted octanol–water partition coefficient (Wildman–Crippen LogP) is 5.01. The van der Waals surface area contributed by atoms with E-state index in [0.717, 1.165) is 6.54 Å². The minimum atomic E-state index is 0. The molecule has 1 heterocycles. The topological polar surface area (TPSA) is 15.3 Å². The first-order chi connectivity index (χ1) is 9.75. The van der Waals surface area contributed by atoms with Crippen molar-refractivity contribution in [2.45, 2.75) is 66.0 Å². The molecule has 0 aliphatic carbocycles. The second-order valence-electron chi connectivity index (χ2n) is 8.34. The monoisotopic (exact) mass is 324 g/mol. The standard InChI is InChI=1S/C19H32N2.ClH/c1-18(2,3)15-19(4,5)20-14-16-8-10-17(11-9-16)21-12-6-7-13-21;/h8-11,20H,6-7,12-15H2,1-5H3;1H. The fraction of sp³-hybridized carbons (Fsp3) is 0.684. The van der Waals surface area contributed by atoms with Gasteiger partial charge in [-0.2, -0.15) is 0 Å². The lowest BCUT2D eigenvalue weighted by molar-refractivity contribution is 0.241. The van der Waals surface area contributed by atoms with Crippen LogP contribution in [0.3, 0.4) is 0 Å². The van der Waals surface area contributed by atoms with Crippen LogP contribution in [0, 0.1) is 5.41 Å². The molecular weight excluding hydrogens is 292 g/mol. The van der Waals surface area contributed by atoms with Gasteiger partial charge in [0.15, 0.2) is 0 Å². The lowest BCUT2D eigenvalue weighted by atomic mass is 9.82. The third-order valence-electron chi connectivity index (χ3n) is 4.15. The molecule has 2 nitrogen and oxygen atoms in total. The second kappa shape index (κ2) is 7.70. The van der Waals surface area contributed by atoms with Crippen molar-refractivity contribution in [2.24, 2.45) is 5.41 Å². The zero-order chi connectivity index (χ0) is 15.5. The molecule has 126 valence electrons. The molecule has 2 rings (SSSR count). The van der Waals surface area contributed by atoms with Gasteiger partial charge in [-0.05, 0) is 56.2 Å². The van der Waals surface area contributed by atoms with E-state index in [1.165, 1.54) is 43.6 Å². The first-order valence-corrected chi connectivity index (χ1v) is 8.34. The van der Waals surface area contributed by atoms with Gasteiger partial charge in [-0.25, -0.2) is 0 Å². The Kier molecular flexibility index (Phi) is 6.76. The summed E-state index contributed by atoms with van der Waals surface area (Å²) in [7, 11) is 0. The summed E-state index contributed by atoms with van der Waals surface area (Å²) in [6.07, 6.45) is 3.85. The van der Waals surface area contributed by atoms with Crippen molar-refractivity contribution in [1.29, 1.82) is 0 Å². The zero-order valence-electron chi connectivity index (χ0n) is 14.9. The van der Waals surface area contributed by atoms with Gasteiger partial charge in [0.2, 0.25) is 0 Å². The summed E-state index contributed by atoms with van der Waals surface area (Å²) in [5, 5.41) is 3.71. The Balaban J connectivity index is 0.00000242. The number of anilines is 1. The van der Waals surface area contributed by atoms with Gasteiger partial charge in [0.05, 0.1) is 0 Å². The molecule has 3 heteroatoms. The normalized spacial score (nSPS) is 15.8. The Hall–Kier alpha value is -0.730. The van der Waals surface area contributed by atoms with Gasteiger partial charge in [0.25, 0.3) is 0 Å². The van der Waals surface area contributed by atoms with Crippen molar-refractivity contribution in [3.63, 3.8) is 0 Å². The Morgan fingerprint density at radius 2 is 1.50 bits per heavy atom. The molecule has 1 aromatic carbocycles. The van der Waals surface area contributed by atoms with Gasteiger partial charge in [0, 0.05) is 30.9 Å². The van der Waals surface area contributed by atoms with Crippen LogP contribution in [0.4, 0.5) is 5.69 Å². The van der Waals surface area contributed by atoms with Crippen LogP contribution in [0.15, 0.2) is 24.3 Å². The highest BCUT2D eigenvalue weighted by atomic mass is 35.5. The van der Waals surface area contributed by atoms with Gasteiger partial charge in [-0.3, -0.25) is 0 Å². The van der Waals surface area contributed by atoms with E-state index >= 15 is 0 Å². The summed E-state index contributed by atoms with van der Waals surface area (Å²) in [6.45, 7) is 14.9. The fourth-order valence-corrected chi connectivity index (χ4v) is 3.53. The Labute approximate surface area is 143 Å². The lowest BCUT2D eigenvalue weighted by Gasteiger charge is -2.33. The molecule has 0 saturated carbocycles. The highest BCUT2D eigenvalue weighted by Gasteiger charge is 2.24. The Bertz CT molecular complexity index is 439. The molecule has 0 radical (unpaired) electrons.